The van der Waals surface area contributed by atoms with E-state index in [0.29, 0.717) is 73.4 Å². The van der Waals surface area contributed by atoms with Crippen LogP contribution in [0, 0.1) is 5.92 Å². The first-order valence-corrected chi connectivity index (χ1v) is 22.0. The van der Waals surface area contributed by atoms with E-state index in [0.717, 1.165) is 47.9 Å². The molecule has 13 nitrogen and oxygen atoms in total. The fraction of sp³-hybridized carbons (Fsp3) is 0.417. The van der Waals surface area contributed by atoms with Crippen molar-refractivity contribution in [2.75, 3.05) is 36.9 Å². The van der Waals surface area contributed by atoms with Crippen LogP contribution in [0.3, 0.4) is 0 Å². The minimum Gasteiger partial charge on any atom is -0.491 e. The second-order valence-electron chi connectivity index (χ2n) is 17.2. The number of nitrogens with two attached hydrogens (primary N) is 1. The molecule has 2 saturated heterocycles. The molecule has 16 heteroatoms. The minimum absolute atomic E-state index is 0.0136. The summed E-state index contributed by atoms with van der Waals surface area (Å²) >= 11 is 0. The number of nitrogens with one attached hydrogen (secondary N) is 3. The van der Waals surface area contributed by atoms with Crippen LogP contribution in [0.25, 0.3) is 11.1 Å². The van der Waals surface area contributed by atoms with Crippen LogP contribution in [0.2, 0.25) is 0 Å². The molecule has 3 aliphatic rings. The van der Waals surface area contributed by atoms with Gasteiger partial charge in [-0.25, -0.2) is 4.98 Å². The number of hydrogen-bond acceptors (Lipinski definition) is 10. The largest absolute Gasteiger partial charge is 0.491 e. The number of hydrogen-bond donors (Lipinski definition) is 4. The molecule has 2 fully saturated rings. The van der Waals surface area contributed by atoms with Crippen molar-refractivity contribution in [2.24, 2.45) is 11.7 Å². The number of unbranched alkanes of at least 4 members (excludes halogenated alkanes) is 2. The Morgan fingerprint density at radius 3 is 2.39 bits per heavy atom. The number of pyridine rings is 1. The number of benzene rings is 3. The number of imide groups is 2. The number of aromatic nitrogens is 1. The van der Waals surface area contributed by atoms with Gasteiger partial charge in [0.2, 0.25) is 17.7 Å². The molecular formula is C48H54F3N7O6. The molecule has 2 atom stereocenters. The first-order valence-electron chi connectivity index (χ1n) is 22.0. The Hall–Kier alpha value is -6.29. The summed E-state index contributed by atoms with van der Waals surface area (Å²) in [6, 6.07) is 19.0. The van der Waals surface area contributed by atoms with E-state index in [1.165, 1.54) is 6.07 Å². The molecule has 7 rings (SSSR count). The number of alkyl halides is 3. The lowest BCUT2D eigenvalue weighted by molar-refractivity contribution is -0.139. The van der Waals surface area contributed by atoms with E-state index in [4.69, 9.17) is 10.5 Å². The smallest absolute Gasteiger partial charge is 0.419 e. The van der Waals surface area contributed by atoms with E-state index >= 15 is 0 Å². The van der Waals surface area contributed by atoms with Crippen molar-refractivity contribution >= 4 is 46.7 Å². The number of carbonyl (C=O) groups is 5. The van der Waals surface area contributed by atoms with Crippen molar-refractivity contribution in [2.45, 2.75) is 95.8 Å². The number of amides is 5. The highest BCUT2D eigenvalue weighted by molar-refractivity contribution is 6.25. The number of anilines is 3. The van der Waals surface area contributed by atoms with Crippen molar-refractivity contribution < 1.29 is 41.9 Å². The zero-order chi connectivity index (χ0) is 45.5. The van der Waals surface area contributed by atoms with Crippen molar-refractivity contribution in [1.82, 2.24) is 20.1 Å². The molecule has 338 valence electrons. The summed E-state index contributed by atoms with van der Waals surface area (Å²) in [6.45, 7) is 5.83. The molecule has 1 unspecified atom stereocenters. The lowest BCUT2D eigenvalue weighted by Crippen LogP contribution is -2.54. The third-order valence-corrected chi connectivity index (χ3v) is 12.0. The van der Waals surface area contributed by atoms with E-state index in [2.05, 4.69) is 33.1 Å². The molecule has 5 N–H and O–H groups in total. The zero-order valence-electron chi connectivity index (χ0n) is 36.0. The van der Waals surface area contributed by atoms with Gasteiger partial charge in [0.1, 0.15) is 24.2 Å². The molecule has 3 aliphatic heterocycles. The second-order valence-corrected chi connectivity index (χ2v) is 17.2. The molecule has 64 heavy (non-hydrogen) atoms. The first-order chi connectivity index (χ1) is 30.7. The maximum Gasteiger partial charge on any atom is 0.419 e. The molecule has 3 aromatic carbocycles. The number of likely N-dealkylation sites (tertiary alicyclic amines) is 1. The van der Waals surface area contributed by atoms with E-state index in [9.17, 15) is 37.1 Å². The van der Waals surface area contributed by atoms with Gasteiger partial charge in [0.25, 0.3) is 11.8 Å². The van der Waals surface area contributed by atoms with Gasteiger partial charge in [0.05, 0.1) is 16.7 Å². The molecule has 4 heterocycles. The number of fused-ring (bicyclic) bond motifs is 1. The topological polar surface area (TPSA) is 176 Å². The normalized spacial score (nSPS) is 17.4. The molecule has 0 aliphatic carbocycles. The Balaban J connectivity index is 0.838. The van der Waals surface area contributed by atoms with Gasteiger partial charge in [-0.05, 0) is 116 Å². The number of halogens is 3. The predicted molar refractivity (Wildman–Crippen MR) is 236 cm³/mol. The zero-order valence-corrected chi connectivity index (χ0v) is 36.0. The maximum atomic E-state index is 14.1. The number of nitrogens with zero attached hydrogens (tertiary/aromatic N) is 3. The lowest BCUT2D eigenvalue weighted by Gasteiger charge is -2.32. The highest BCUT2D eigenvalue weighted by atomic mass is 19.4. The molecule has 0 bridgehead atoms. The van der Waals surface area contributed by atoms with Crippen LogP contribution < -0.4 is 26.4 Å². The monoisotopic (exact) mass is 881 g/mol. The van der Waals surface area contributed by atoms with Crippen molar-refractivity contribution in [3.05, 3.63) is 101 Å². The Morgan fingerprint density at radius 2 is 1.67 bits per heavy atom. The van der Waals surface area contributed by atoms with E-state index in [-0.39, 0.29) is 48.3 Å². The van der Waals surface area contributed by atoms with Gasteiger partial charge in [0.15, 0.2) is 0 Å². The summed E-state index contributed by atoms with van der Waals surface area (Å²) < 4.78 is 47.9. The van der Waals surface area contributed by atoms with Crippen LogP contribution in [-0.2, 0) is 20.6 Å². The average molecular weight is 882 g/mol. The fourth-order valence-corrected chi connectivity index (χ4v) is 8.68. The van der Waals surface area contributed by atoms with Crippen molar-refractivity contribution in [3.63, 3.8) is 0 Å². The molecule has 5 amide bonds. The highest BCUT2D eigenvalue weighted by Gasteiger charge is 2.45. The van der Waals surface area contributed by atoms with Crippen LogP contribution >= 0.6 is 0 Å². The minimum atomic E-state index is -4.62. The Bertz CT molecular complexity index is 2360. The molecule has 0 saturated carbocycles. The van der Waals surface area contributed by atoms with Crippen molar-refractivity contribution in [1.29, 1.82) is 0 Å². The van der Waals surface area contributed by atoms with Crippen molar-refractivity contribution in [3.8, 4) is 16.9 Å². The summed E-state index contributed by atoms with van der Waals surface area (Å²) in [5, 5.41) is 8.73. The quantitative estimate of drug-likeness (QED) is 0.0600. The van der Waals surface area contributed by atoms with Gasteiger partial charge in [-0.15, -0.1) is 0 Å². The summed E-state index contributed by atoms with van der Waals surface area (Å²) in [5.41, 5.74) is 9.03. The number of rotatable bonds is 17. The van der Waals surface area contributed by atoms with E-state index in [1.54, 1.807) is 42.6 Å². The van der Waals surface area contributed by atoms with Gasteiger partial charge >= 0.3 is 6.18 Å². The molecule has 0 spiro atoms. The molecule has 0 radical (unpaired) electrons. The summed E-state index contributed by atoms with van der Waals surface area (Å²) in [4.78, 5) is 70.8. The van der Waals surface area contributed by atoms with Gasteiger partial charge in [0, 0.05) is 56.1 Å². The Kier molecular flexibility index (Phi) is 14.3. The second kappa shape index (κ2) is 20.0. The first kappa shape index (κ1) is 45.7. The number of ether oxygens (including phenoxy) is 1. The molecule has 4 aromatic rings. The third kappa shape index (κ3) is 10.9. The highest BCUT2D eigenvalue weighted by Crippen LogP contribution is 2.40. The third-order valence-electron chi connectivity index (χ3n) is 12.0. The number of piperidine rings is 2. The van der Waals surface area contributed by atoms with Gasteiger partial charge in [-0.1, -0.05) is 44.5 Å². The standard InChI is InChI=1S/C48H54F3N7O6/c1-29(2)25-34(52)28-64-40-16-12-32(26-37(40)48(49,50)51)33-18-22-54-41(27-33)55-35-13-10-30(11-14-35)31-19-23-57(24-20-31)43(60)9-4-3-5-21-53-38-8-6-7-36-44(38)47(63)58(46(36)62)39-15-17-42(59)56-45(39)61/h6-8,10-14,16,18,22,26-27,29,31,34,39,53H,3-5,9,15,17,19-21,23-25,28,52H2,1-2H3,(H,54,55)(H,56,59,61)/t34-,39?/m0/s1. The van der Waals surface area contributed by atoms with Crippen LogP contribution in [0.4, 0.5) is 30.4 Å². The Morgan fingerprint density at radius 1 is 0.922 bits per heavy atom. The SMILES string of the molecule is CC(C)C[C@H](N)COc1ccc(-c2ccnc(Nc3ccc(C4CCN(C(=O)CCCCCNc5cccc6c5C(=O)N(C5CCC(=O)NC5=O)C6=O)CC4)cc3)c2)cc1C(F)(F)F. The maximum absolute atomic E-state index is 14.1. The Labute approximate surface area is 370 Å². The molecule has 1 aromatic heterocycles. The lowest BCUT2D eigenvalue weighted by atomic mass is 9.89. The van der Waals surface area contributed by atoms with E-state index in [1.807, 2.05) is 30.9 Å². The number of carbonyl (C=O) groups excluding carboxylic acids is 5. The van der Waals surface area contributed by atoms with Crippen LogP contribution in [-0.4, -0.2) is 82.6 Å². The van der Waals surface area contributed by atoms with Crippen LogP contribution in [0.5, 0.6) is 5.75 Å². The van der Waals surface area contributed by atoms with Crippen LogP contribution in [0.1, 0.15) is 109 Å². The van der Waals surface area contributed by atoms with Crippen LogP contribution in [0.15, 0.2) is 79.0 Å². The molecular weight excluding hydrogens is 828 g/mol. The summed E-state index contributed by atoms with van der Waals surface area (Å²) in [7, 11) is 0. The summed E-state index contributed by atoms with van der Waals surface area (Å²) in [6.07, 6.45) is 2.07. The van der Waals surface area contributed by atoms with Gasteiger partial charge in [-0.2, -0.15) is 13.2 Å². The van der Waals surface area contributed by atoms with Gasteiger partial charge in [-0.3, -0.25) is 34.2 Å². The average Bonchev–Trinajstić information content (AvgIpc) is 3.52. The van der Waals surface area contributed by atoms with E-state index < -0.39 is 41.4 Å². The fourth-order valence-electron chi connectivity index (χ4n) is 8.68. The summed E-state index contributed by atoms with van der Waals surface area (Å²) in [5.74, 6) is -1.23. The predicted octanol–water partition coefficient (Wildman–Crippen LogP) is 8.04. The van der Waals surface area contributed by atoms with Gasteiger partial charge < -0.3 is 26.0 Å².